The van der Waals surface area contributed by atoms with Crippen LogP contribution in [0.1, 0.15) is 0 Å². The van der Waals surface area contributed by atoms with Gasteiger partial charge in [0.05, 0.1) is 38.8 Å². The molecule has 0 N–H and O–H groups in total. The van der Waals surface area contributed by atoms with Crippen molar-refractivity contribution in [3.63, 3.8) is 0 Å². The van der Waals surface area contributed by atoms with Crippen LogP contribution < -0.4 is 0 Å². The number of pyridine rings is 1. The quantitative estimate of drug-likeness (QED) is 0.178. The van der Waals surface area contributed by atoms with Crippen LogP contribution in [0.3, 0.4) is 0 Å². The highest BCUT2D eigenvalue weighted by molar-refractivity contribution is 7.25. The Morgan fingerprint density at radius 3 is 1.39 bits per heavy atom. The van der Waals surface area contributed by atoms with Gasteiger partial charge in [0.25, 0.3) is 0 Å². The van der Waals surface area contributed by atoms with Crippen molar-refractivity contribution in [2.75, 3.05) is 0 Å². The van der Waals surface area contributed by atoms with Gasteiger partial charge in [0.2, 0.25) is 0 Å². The Labute approximate surface area is 377 Å². The second kappa shape index (κ2) is 12.5. The van der Waals surface area contributed by atoms with E-state index in [1.165, 1.54) is 30.9 Å². The Balaban J connectivity index is 1.06. The lowest BCUT2D eigenvalue weighted by molar-refractivity contribution is 0.669. The number of hydrogen-bond acceptors (Lipinski definition) is 4. The second-order valence-corrected chi connectivity index (χ2v) is 18.5. The highest BCUT2D eigenvalue weighted by Crippen LogP contribution is 2.45. The van der Waals surface area contributed by atoms with Crippen LogP contribution in [0.5, 0.6) is 0 Å². The number of benzene rings is 9. The van der Waals surface area contributed by atoms with Gasteiger partial charge in [-0.3, -0.25) is 9.13 Å². The number of hydrogen-bond donors (Lipinski definition) is 0. The van der Waals surface area contributed by atoms with Crippen molar-refractivity contribution in [1.82, 2.24) is 18.7 Å². The number of thiophene rings is 1. The van der Waals surface area contributed by atoms with Crippen molar-refractivity contribution < 1.29 is 8.83 Å². The molecule has 6 nitrogen and oxygen atoms in total. The van der Waals surface area contributed by atoms with Crippen molar-refractivity contribution in [2.45, 2.75) is 0 Å². The normalized spacial score (nSPS) is 12.5. The van der Waals surface area contributed by atoms with E-state index in [0.717, 1.165) is 116 Å². The van der Waals surface area contributed by atoms with Crippen molar-refractivity contribution >= 4 is 141 Å². The first-order valence-corrected chi connectivity index (χ1v) is 23.1. The Hall–Kier alpha value is -8.65. The summed E-state index contributed by atoms with van der Waals surface area (Å²) in [5, 5.41) is 14.0. The number of fused-ring (bicyclic) bond motifs is 18. The number of aromatic nitrogens is 4. The summed E-state index contributed by atoms with van der Waals surface area (Å²) >= 11 is 1.85. The van der Waals surface area contributed by atoms with Crippen LogP contribution in [0.2, 0.25) is 0 Å². The summed E-state index contributed by atoms with van der Waals surface area (Å²) in [6.07, 6.45) is 0. The summed E-state index contributed by atoms with van der Waals surface area (Å²) in [5.41, 5.74) is 10.9. The van der Waals surface area contributed by atoms with Gasteiger partial charge in [-0.1, -0.05) is 109 Å². The van der Waals surface area contributed by atoms with E-state index < -0.39 is 0 Å². The molecule has 0 spiro atoms. The van der Waals surface area contributed by atoms with Gasteiger partial charge < -0.3 is 13.4 Å². The molecule has 0 fully saturated rings. The lowest BCUT2D eigenvalue weighted by Crippen LogP contribution is -2.09. The molecule has 7 aromatic heterocycles. The van der Waals surface area contributed by atoms with Crippen LogP contribution in [0, 0.1) is 0 Å². The van der Waals surface area contributed by atoms with Gasteiger partial charge in [-0.05, 0) is 72.8 Å². The zero-order chi connectivity index (χ0) is 42.8. The summed E-state index contributed by atoms with van der Waals surface area (Å²) in [5.74, 6) is 1.61. The minimum atomic E-state index is 0.804. The van der Waals surface area contributed by atoms with E-state index >= 15 is 0 Å². The fraction of sp³-hybridized carbons (Fsp3) is 0. The topological polar surface area (TPSA) is 54.0 Å². The third-order valence-electron chi connectivity index (χ3n) is 14.0. The molecular formula is C59H32N4O2S. The molecule has 0 saturated heterocycles. The molecule has 16 rings (SSSR count). The van der Waals surface area contributed by atoms with Crippen LogP contribution in [0.25, 0.3) is 147 Å². The minimum absolute atomic E-state index is 0.804. The summed E-state index contributed by atoms with van der Waals surface area (Å²) in [4.78, 5) is 5.92. The number of rotatable bonds is 3. The third kappa shape index (κ3) is 4.51. The Morgan fingerprint density at radius 1 is 0.303 bits per heavy atom. The van der Waals surface area contributed by atoms with Crippen LogP contribution in [0.15, 0.2) is 203 Å². The monoisotopic (exact) mass is 860 g/mol. The van der Waals surface area contributed by atoms with Gasteiger partial charge in [0, 0.05) is 86.2 Å². The van der Waals surface area contributed by atoms with E-state index in [1.54, 1.807) is 0 Å². The molecule has 0 amide bonds. The first-order chi connectivity index (χ1) is 32.7. The van der Waals surface area contributed by atoms with E-state index in [-0.39, 0.29) is 0 Å². The lowest BCUT2D eigenvalue weighted by Gasteiger charge is -2.18. The predicted octanol–water partition coefficient (Wildman–Crippen LogP) is 16.5. The van der Waals surface area contributed by atoms with E-state index in [9.17, 15) is 0 Å². The molecule has 306 valence electrons. The molecule has 16 aromatic rings. The molecule has 0 saturated carbocycles. The average Bonchev–Trinajstić information content (AvgIpc) is 4.21. The maximum atomic E-state index is 6.62. The molecule has 66 heavy (non-hydrogen) atoms. The third-order valence-corrected chi connectivity index (χ3v) is 15.2. The summed E-state index contributed by atoms with van der Waals surface area (Å²) in [7, 11) is 0. The van der Waals surface area contributed by atoms with Crippen LogP contribution >= 0.6 is 11.3 Å². The predicted molar refractivity (Wildman–Crippen MR) is 275 cm³/mol. The largest absolute Gasteiger partial charge is 0.456 e. The van der Waals surface area contributed by atoms with Gasteiger partial charge in [-0.2, -0.15) is 0 Å². The maximum absolute atomic E-state index is 6.62. The van der Waals surface area contributed by atoms with Gasteiger partial charge >= 0.3 is 0 Å². The zero-order valence-corrected chi connectivity index (χ0v) is 35.8. The van der Waals surface area contributed by atoms with Gasteiger partial charge in [0.1, 0.15) is 28.1 Å². The average molecular weight is 861 g/mol. The van der Waals surface area contributed by atoms with E-state index in [0.29, 0.717) is 0 Å². The standard InChI is InChI=1S/C59H32N4O2S/c1-7-19-45-33(13-1)41-29-44-38-18-6-12-24-56(38)66-57(44)32-51(41)61(45)48-25-26-58(62-46-20-8-2-14-34(46)39-27-42-36-16-4-10-22-52(36)64-54(42)30-49(39)62)60-59(48)63-47-21-9-3-15-35(47)40-28-43-37-17-5-11-23-53(37)65-55(43)31-50(40)63/h1-32H. The number of furan rings is 2. The summed E-state index contributed by atoms with van der Waals surface area (Å²) < 4.78 is 22.8. The highest BCUT2D eigenvalue weighted by atomic mass is 32.1. The van der Waals surface area contributed by atoms with Crippen molar-refractivity contribution in [3.8, 4) is 17.3 Å². The van der Waals surface area contributed by atoms with Gasteiger partial charge in [-0.25, -0.2) is 4.98 Å². The molecule has 9 aromatic carbocycles. The molecule has 0 aliphatic carbocycles. The molecule has 0 unspecified atom stereocenters. The fourth-order valence-corrected chi connectivity index (χ4v) is 12.3. The zero-order valence-electron chi connectivity index (χ0n) is 35.0. The van der Waals surface area contributed by atoms with E-state index in [1.807, 2.05) is 29.5 Å². The molecular weight excluding hydrogens is 829 g/mol. The minimum Gasteiger partial charge on any atom is -0.456 e. The van der Waals surface area contributed by atoms with Crippen molar-refractivity contribution in [3.05, 3.63) is 194 Å². The van der Waals surface area contributed by atoms with Crippen molar-refractivity contribution in [1.29, 1.82) is 0 Å². The highest BCUT2D eigenvalue weighted by Gasteiger charge is 2.25. The molecule has 0 aliphatic rings. The number of para-hydroxylation sites is 5. The molecule has 0 bridgehead atoms. The Bertz CT molecular complexity index is 4780. The Morgan fingerprint density at radius 2 is 0.773 bits per heavy atom. The SMILES string of the molecule is c1ccc2c(c1)oc1cc3c(cc12)c1ccccc1n3-c1ccc(-n2c3ccccc3c3cc4c(cc32)sc2ccccc24)c(-n2c3ccccc3c3cc4c(cc32)oc2ccccc24)n1. The van der Waals surface area contributed by atoms with Crippen LogP contribution in [-0.4, -0.2) is 18.7 Å². The lowest BCUT2D eigenvalue weighted by atomic mass is 10.1. The first-order valence-electron chi connectivity index (χ1n) is 22.3. The smallest absolute Gasteiger partial charge is 0.164 e. The van der Waals surface area contributed by atoms with Crippen molar-refractivity contribution in [2.24, 2.45) is 0 Å². The van der Waals surface area contributed by atoms with Gasteiger partial charge in [0.15, 0.2) is 5.82 Å². The van der Waals surface area contributed by atoms with E-state index in [4.69, 9.17) is 13.8 Å². The Kier molecular flexibility index (Phi) is 6.61. The second-order valence-electron chi connectivity index (χ2n) is 17.5. The number of nitrogens with zero attached hydrogens (tertiary/aromatic N) is 4. The maximum Gasteiger partial charge on any atom is 0.164 e. The molecule has 7 heteroatoms. The summed E-state index contributed by atoms with van der Waals surface area (Å²) in [6.45, 7) is 0. The van der Waals surface area contributed by atoms with Crippen LogP contribution in [-0.2, 0) is 0 Å². The van der Waals surface area contributed by atoms with Gasteiger partial charge in [-0.15, -0.1) is 11.3 Å². The fourth-order valence-electron chi connectivity index (χ4n) is 11.2. The van der Waals surface area contributed by atoms with Crippen LogP contribution in [0.4, 0.5) is 0 Å². The molecule has 0 radical (unpaired) electrons. The molecule has 7 heterocycles. The first kappa shape index (κ1) is 34.8. The summed E-state index contributed by atoms with van der Waals surface area (Å²) in [6, 6.07) is 69.8. The van der Waals surface area contributed by atoms with E-state index in [2.05, 4.69) is 190 Å². The molecule has 0 aliphatic heterocycles. The molecule has 0 atom stereocenters.